The van der Waals surface area contributed by atoms with Crippen molar-refractivity contribution in [3.05, 3.63) is 35.6 Å². The Morgan fingerprint density at radius 2 is 1.91 bits per heavy atom. The van der Waals surface area contributed by atoms with E-state index >= 15 is 0 Å². The maximum atomic E-state index is 13.1. The molecule has 0 saturated carbocycles. The second-order valence-electron chi connectivity index (χ2n) is 6.33. The molecular formula is C17H23FN2O2. The first-order chi connectivity index (χ1) is 10.4. The van der Waals surface area contributed by atoms with Gasteiger partial charge in [0, 0.05) is 32.5 Å². The van der Waals surface area contributed by atoms with Crippen LogP contribution in [0.15, 0.2) is 24.3 Å². The van der Waals surface area contributed by atoms with E-state index in [1.807, 2.05) is 13.8 Å². The molecule has 1 aromatic carbocycles. The molecule has 2 unspecified atom stereocenters. The number of nitrogens with one attached hydrogen (secondary N) is 1. The maximum absolute atomic E-state index is 13.1. The molecule has 1 aromatic rings. The minimum atomic E-state index is -0.300. The van der Waals surface area contributed by atoms with Crippen molar-refractivity contribution in [2.45, 2.75) is 26.7 Å². The van der Waals surface area contributed by atoms with Crippen LogP contribution < -0.4 is 5.32 Å². The molecule has 22 heavy (non-hydrogen) atoms. The lowest BCUT2D eigenvalue weighted by atomic mass is 9.88. The number of benzene rings is 1. The van der Waals surface area contributed by atoms with Crippen LogP contribution in [0.4, 0.5) is 4.39 Å². The molecule has 0 aliphatic carbocycles. The molecule has 5 heteroatoms. The van der Waals surface area contributed by atoms with Crippen molar-refractivity contribution in [2.75, 3.05) is 19.6 Å². The van der Waals surface area contributed by atoms with Crippen molar-refractivity contribution >= 4 is 11.8 Å². The van der Waals surface area contributed by atoms with Gasteiger partial charge >= 0.3 is 0 Å². The molecule has 1 aliphatic rings. The van der Waals surface area contributed by atoms with Gasteiger partial charge in [0.25, 0.3) is 0 Å². The zero-order valence-electron chi connectivity index (χ0n) is 13.3. The van der Waals surface area contributed by atoms with Crippen LogP contribution >= 0.6 is 0 Å². The van der Waals surface area contributed by atoms with E-state index in [0.29, 0.717) is 25.6 Å². The molecule has 2 atom stereocenters. The fraction of sp³-hybridized carbons (Fsp3) is 0.529. The molecule has 120 valence electrons. The molecule has 4 nitrogen and oxygen atoms in total. The number of halogens is 1. The number of amides is 2. The highest BCUT2D eigenvalue weighted by atomic mass is 19.1. The second-order valence-corrected chi connectivity index (χ2v) is 6.33. The van der Waals surface area contributed by atoms with Gasteiger partial charge in [0.15, 0.2) is 0 Å². The topological polar surface area (TPSA) is 49.4 Å². The molecule has 1 fully saturated rings. The lowest BCUT2D eigenvalue weighted by molar-refractivity contribution is -0.128. The second kappa shape index (κ2) is 6.90. The van der Waals surface area contributed by atoms with Crippen molar-refractivity contribution < 1.29 is 14.0 Å². The number of carbonyl (C=O) groups excluding carboxylic acids is 2. The van der Waals surface area contributed by atoms with E-state index in [1.165, 1.54) is 19.1 Å². The van der Waals surface area contributed by atoms with Gasteiger partial charge in [-0.05, 0) is 23.6 Å². The van der Waals surface area contributed by atoms with Crippen molar-refractivity contribution in [3.8, 4) is 0 Å². The number of hydrogen-bond donors (Lipinski definition) is 1. The summed E-state index contributed by atoms with van der Waals surface area (Å²) in [6.07, 6.45) is 0. The minimum Gasteiger partial charge on any atom is -0.356 e. The van der Waals surface area contributed by atoms with Crippen LogP contribution in [0.1, 0.15) is 32.3 Å². The van der Waals surface area contributed by atoms with Gasteiger partial charge < -0.3 is 10.2 Å². The summed E-state index contributed by atoms with van der Waals surface area (Å²) in [6.45, 7) is 7.12. The smallest absolute Gasteiger partial charge is 0.225 e. The van der Waals surface area contributed by atoms with Crippen molar-refractivity contribution in [1.82, 2.24) is 10.2 Å². The Morgan fingerprint density at radius 3 is 2.45 bits per heavy atom. The number of carbonyl (C=O) groups is 2. The largest absolute Gasteiger partial charge is 0.356 e. The highest BCUT2D eigenvalue weighted by molar-refractivity contribution is 5.82. The first kappa shape index (κ1) is 16.5. The zero-order chi connectivity index (χ0) is 16.3. The highest BCUT2D eigenvalue weighted by Crippen LogP contribution is 2.33. The summed E-state index contributed by atoms with van der Waals surface area (Å²) in [5.74, 6) is -0.368. The van der Waals surface area contributed by atoms with Gasteiger partial charge in [-0.25, -0.2) is 4.39 Å². The van der Waals surface area contributed by atoms with E-state index in [9.17, 15) is 14.0 Å². The summed E-state index contributed by atoms with van der Waals surface area (Å²) >= 11 is 0. The van der Waals surface area contributed by atoms with E-state index in [4.69, 9.17) is 0 Å². The number of likely N-dealkylation sites (tertiary alicyclic amines) is 1. The molecule has 0 aromatic heterocycles. The standard InChI is InChI=1S/C17H23FN2O2/c1-11(2)8-19-17(22)16-10-20(12(3)21)9-15(16)13-4-6-14(18)7-5-13/h4-7,11,15-16H,8-10H2,1-3H3,(H,19,22). The summed E-state index contributed by atoms with van der Waals surface area (Å²) in [6, 6.07) is 6.20. The third-order valence-corrected chi connectivity index (χ3v) is 4.08. The van der Waals surface area contributed by atoms with E-state index < -0.39 is 0 Å². The Bertz CT molecular complexity index is 542. The molecular weight excluding hydrogens is 283 g/mol. The summed E-state index contributed by atoms with van der Waals surface area (Å²) < 4.78 is 13.1. The molecule has 1 aliphatic heterocycles. The van der Waals surface area contributed by atoms with Gasteiger partial charge in [-0.1, -0.05) is 26.0 Å². The SMILES string of the molecule is CC(=O)N1CC(C(=O)NCC(C)C)C(c2ccc(F)cc2)C1. The van der Waals surface area contributed by atoms with E-state index in [0.717, 1.165) is 5.56 Å². The minimum absolute atomic E-state index is 0.0354. The van der Waals surface area contributed by atoms with Gasteiger partial charge in [-0.2, -0.15) is 0 Å². The van der Waals surface area contributed by atoms with Gasteiger partial charge in [-0.3, -0.25) is 9.59 Å². The van der Waals surface area contributed by atoms with E-state index in [-0.39, 0.29) is 29.5 Å². The van der Waals surface area contributed by atoms with Crippen LogP contribution in [0.2, 0.25) is 0 Å². The Morgan fingerprint density at radius 1 is 1.27 bits per heavy atom. The van der Waals surface area contributed by atoms with Crippen LogP contribution in [0, 0.1) is 17.7 Å². The summed E-state index contributed by atoms with van der Waals surface area (Å²) in [5, 5.41) is 2.94. The van der Waals surface area contributed by atoms with Crippen molar-refractivity contribution in [2.24, 2.45) is 11.8 Å². The Kier molecular flexibility index (Phi) is 5.16. The lowest BCUT2D eigenvalue weighted by Gasteiger charge is -2.18. The highest BCUT2D eigenvalue weighted by Gasteiger charge is 2.39. The van der Waals surface area contributed by atoms with Gasteiger partial charge in [0.1, 0.15) is 5.82 Å². The number of nitrogens with zero attached hydrogens (tertiary/aromatic N) is 1. The Hall–Kier alpha value is -1.91. The van der Waals surface area contributed by atoms with Gasteiger partial charge in [0.2, 0.25) is 11.8 Å². The van der Waals surface area contributed by atoms with Crippen LogP contribution in [0.5, 0.6) is 0 Å². The number of rotatable bonds is 4. The quantitative estimate of drug-likeness (QED) is 0.927. The third-order valence-electron chi connectivity index (χ3n) is 4.08. The normalized spacial score (nSPS) is 21.2. The molecule has 0 spiro atoms. The average molecular weight is 306 g/mol. The summed E-state index contributed by atoms with van der Waals surface area (Å²) in [5.41, 5.74) is 0.898. The van der Waals surface area contributed by atoms with Gasteiger partial charge in [-0.15, -0.1) is 0 Å². The summed E-state index contributed by atoms with van der Waals surface area (Å²) in [7, 11) is 0. The predicted octanol–water partition coefficient (Wildman–Crippen LogP) is 2.16. The Labute approximate surface area is 130 Å². The monoisotopic (exact) mass is 306 g/mol. The van der Waals surface area contributed by atoms with Crippen LogP contribution in [-0.2, 0) is 9.59 Å². The molecule has 2 rings (SSSR count). The average Bonchev–Trinajstić information content (AvgIpc) is 2.91. The molecule has 0 radical (unpaired) electrons. The zero-order valence-corrected chi connectivity index (χ0v) is 13.3. The molecule has 1 saturated heterocycles. The molecule has 0 bridgehead atoms. The number of hydrogen-bond acceptors (Lipinski definition) is 2. The molecule has 1 heterocycles. The third kappa shape index (κ3) is 3.84. The van der Waals surface area contributed by atoms with Crippen molar-refractivity contribution in [3.63, 3.8) is 0 Å². The molecule has 1 N–H and O–H groups in total. The Balaban J connectivity index is 2.17. The molecule has 2 amide bonds. The predicted molar refractivity (Wildman–Crippen MR) is 82.7 cm³/mol. The van der Waals surface area contributed by atoms with Crippen LogP contribution in [-0.4, -0.2) is 36.3 Å². The van der Waals surface area contributed by atoms with E-state index in [2.05, 4.69) is 5.32 Å². The lowest BCUT2D eigenvalue weighted by Crippen LogP contribution is -2.37. The first-order valence-corrected chi connectivity index (χ1v) is 7.67. The van der Waals surface area contributed by atoms with Crippen LogP contribution in [0.3, 0.4) is 0 Å². The maximum Gasteiger partial charge on any atom is 0.225 e. The van der Waals surface area contributed by atoms with E-state index in [1.54, 1.807) is 17.0 Å². The summed E-state index contributed by atoms with van der Waals surface area (Å²) in [4.78, 5) is 25.8. The fourth-order valence-electron chi connectivity index (χ4n) is 2.81. The first-order valence-electron chi connectivity index (χ1n) is 7.67. The van der Waals surface area contributed by atoms with Crippen molar-refractivity contribution in [1.29, 1.82) is 0 Å². The van der Waals surface area contributed by atoms with Gasteiger partial charge in [0.05, 0.1) is 5.92 Å². The van der Waals surface area contributed by atoms with Crippen LogP contribution in [0.25, 0.3) is 0 Å². The fourth-order valence-corrected chi connectivity index (χ4v) is 2.81.